The number of β-amino-alcohol motifs (C(OH)–C–C–N with tert-alkyl or cyclic N) is 1. The lowest BCUT2D eigenvalue weighted by Crippen LogP contribution is -2.34. The summed E-state index contributed by atoms with van der Waals surface area (Å²) in [6, 6.07) is 0. The number of likely N-dealkylation sites (tertiary alicyclic amines) is 1. The number of hydrogen-bond acceptors (Lipinski definition) is 3. The molecule has 1 aliphatic heterocycles. The first-order chi connectivity index (χ1) is 8.30. The first-order valence-electron chi connectivity index (χ1n) is 6.33. The molecule has 6 heteroatoms. The molecule has 0 aliphatic carbocycles. The number of rotatable bonds is 6. The van der Waals surface area contributed by atoms with Gasteiger partial charge in [0, 0.05) is 32.3 Å². The van der Waals surface area contributed by atoms with E-state index in [1.165, 1.54) is 0 Å². The highest BCUT2D eigenvalue weighted by Gasteiger charge is 2.29. The number of carbonyl (C=O) groups excluding carboxylic acids is 1. The Morgan fingerprint density at radius 1 is 1.56 bits per heavy atom. The first kappa shape index (κ1) is 15.6. The van der Waals surface area contributed by atoms with Crippen molar-refractivity contribution in [1.29, 1.82) is 0 Å². The molecule has 106 valence electrons. The van der Waals surface area contributed by atoms with Gasteiger partial charge in [-0.25, -0.2) is 8.93 Å². The maximum absolute atomic E-state index is 12.0. The van der Waals surface area contributed by atoms with Crippen LogP contribution in [0.15, 0.2) is 0 Å². The van der Waals surface area contributed by atoms with Crippen molar-refractivity contribution in [3.8, 4) is 0 Å². The number of nitrogens with one attached hydrogen (secondary N) is 1. The molecule has 0 aromatic rings. The van der Waals surface area contributed by atoms with E-state index in [4.69, 9.17) is 0 Å². The quantitative estimate of drug-likeness (QED) is 0.731. The topological polar surface area (TPSA) is 69.6 Å². The van der Waals surface area contributed by atoms with Gasteiger partial charge in [0.2, 0.25) is 5.91 Å². The van der Waals surface area contributed by atoms with Crippen LogP contribution in [-0.4, -0.2) is 52.1 Å². The van der Waals surface area contributed by atoms with Crippen LogP contribution in [0, 0.1) is 5.41 Å². The summed E-state index contributed by atoms with van der Waals surface area (Å²) in [5.41, 5.74) is -0.114. The summed E-state index contributed by atoms with van der Waals surface area (Å²) in [6.07, 6.45) is 3.19. The van der Waals surface area contributed by atoms with Crippen molar-refractivity contribution in [2.75, 3.05) is 25.9 Å². The molecule has 1 rings (SSSR count). The van der Waals surface area contributed by atoms with Crippen molar-refractivity contribution in [2.24, 2.45) is 5.41 Å². The number of carbonyl (C=O) groups is 1. The van der Waals surface area contributed by atoms with Crippen LogP contribution in [0.25, 0.3) is 0 Å². The molecule has 2 unspecified atom stereocenters. The number of hydrogen-bond donors (Lipinski definition) is 2. The van der Waals surface area contributed by atoms with Gasteiger partial charge in [-0.3, -0.25) is 4.79 Å². The summed E-state index contributed by atoms with van der Waals surface area (Å²) in [5.74, 6) is 0.106. The van der Waals surface area contributed by atoms with Crippen LogP contribution in [0.3, 0.4) is 0 Å². The van der Waals surface area contributed by atoms with E-state index >= 15 is 0 Å². The number of nitrogens with zero attached hydrogens (tertiary/aromatic N) is 1. The summed E-state index contributed by atoms with van der Waals surface area (Å²) in [6.45, 7) is 5.85. The monoisotopic (exact) mass is 276 g/mol. The van der Waals surface area contributed by atoms with E-state index in [0.29, 0.717) is 32.5 Å². The number of aliphatic hydroxyl groups excluding tert-OH is 1. The van der Waals surface area contributed by atoms with E-state index in [1.54, 1.807) is 11.2 Å². The predicted octanol–water partition coefficient (Wildman–Crippen LogP) is 0.269. The molecule has 0 radical (unpaired) electrons. The van der Waals surface area contributed by atoms with Gasteiger partial charge in [0.15, 0.2) is 0 Å². The Kier molecular flexibility index (Phi) is 5.75. The predicted molar refractivity (Wildman–Crippen MR) is 72.3 cm³/mol. The van der Waals surface area contributed by atoms with Gasteiger partial charge in [0.1, 0.15) is 0 Å². The average molecular weight is 276 g/mol. The molecule has 2 atom stereocenters. The highest BCUT2D eigenvalue weighted by Crippen LogP contribution is 2.26. The van der Waals surface area contributed by atoms with Gasteiger partial charge in [-0.1, -0.05) is 13.8 Å². The zero-order chi connectivity index (χ0) is 13.8. The molecule has 1 saturated heterocycles. The van der Waals surface area contributed by atoms with Crippen molar-refractivity contribution in [2.45, 2.75) is 39.2 Å². The van der Waals surface area contributed by atoms with Crippen molar-refractivity contribution in [3.05, 3.63) is 0 Å². The lowest BCUT2D eigenvalue weighted by Gasteiger charge is -2.26. The lowest BCUT2D eigenvalue weighted by atomic mass is 9.85. The van der Waals surface area contributed by atoms with Gasteiger partial charge in [-0.2, -0.15) is 0 Å². The molecule has 1 fully saturated rings. The molecule has 0 aromatic heterocycles. The SMILES string of the molecule is CS(=O)NCCC(C)(C)CC(=O)N1CCC(O)C1. The van der Waals surface area contributed by atoms with Crippen LogP contribution in [0.2, 0.25) is 0 Å². The van der Waals surface area contributed by atoms with E-state index < -0.39 is 11.0 Å². The smallest absolute Gasteiger partial charge is 0.223 e. The van der Waals surface area contributed by atoms with E-state index in [2.05, 4.69) is 4.72 Å². The second-order valence-corrected chi connectivity index (χ2v) is 6.92. The zero-order valence-electron chi connectivity index (χ0n) is 11.4. The van der Waals surface area contributed by atoms with Crippen molar-refractivity contribution in [3.63, 3.8) is 0 Å². The molecule has 1 amide bonds. The van der Waals surface area contributed by atoms with Gasteiger partial charge < -0.3 is 10.0 Å². The Bertz CT molecular complexity index is 320. The molecule has 0 aromatic carbocycles. The summed E-state index contributed by atoms with van der Waals surface area (Å²) in [4.78, 5) is 13.8. The molecule has 18 heavy (non-hydrogen) atoms. The Labute approximate surface area is 112 Å². The van der Waals surface area contributed by atoms with Crippen LogP contribution in [-0.2, 0) is 15.8 Å². The fourth-order valence-corrected chi connectivity index (χ4v) is 2.50. The first-order valence-corrected chi connectivity index (χ1v) is 7.89. The molecule has 5 nitrogen and oxygen atoms in total. The molecular weight excluding hydrogens is 252 g/mol. The van der Waals surface area contributed by atoms with Crippen molar-refractivity contribution in [1.82, 2.24) is 9.62 Å². The Balaban J connectivity index is 2.34. The zero-order valence-corrected chi connectivity index (χ0v) is 12.3. The van der Waals surface area contributed by atoms with E-state index in [0.717, 1.165) is 6.42 Å². The van der Waals surface area contributed by atoms with Crippen LogP contribution in [0.4, 0.5) is 0 Å². The van der Waals surface area contributed by atoms with Gasteiger partial charge in [0.25, 0.3) is 0 Å². The molecule has 1 aliphatic rings. The maximum Gasteiger partial charge on any atom is 0.223 e. The number of amides is 1. The van der Waals surface area contributed by atoms with E-state index in [9.17, 15) is 14.1 Å². The average Bonchev–Trinajstić information content (AvgIpc) is 2.63. The summed E-state index contributed by atoms with van der Waals surface area (Å²) >= 11 is 0. The minimum absolute atomic E-state index is 0.106. The molecule has 1 heterocycles. The molecule has 0 saturated carbocycles. The van der Waals surface area contributed by atoms with Crippen LogP contribution in [0.1, 0.15) is 33.1 Å². The normalized spacial score (nSPS) is 22.2. The Hall–Kier alpha value is -0.460. The van der Waals surface area contributed by atoms with Crippen molar-refractivity contribution >= 4 is 16.9 Å². The second kappa shape index (κ2) is 6.63. The minimum atomic E-state index is -0.998. The third kappa shape index (κ3) is 5.46. The lowest BCUT2D eigenvalue weighted by molar-refractivity contribution is -0.132. The van der Waals surface area contributed by atoms with E-state index in [1.807, 2.05) is 13.8 Å². The molecule has 2 N–H and O–H groups in total. The van der Waals surface area contributed by atoms with Gasteiger partial charge >= 0.3 is 0 Å². The summed E-state index contributed by atoms with van der Waals surface area (Å²) in [5, 5.41) is 9.41. The molecule has 0 bridgehead atoms. The van der Waals surface area contributed by atoms with Crippen LogP contribution < -0.4 is 4.72 Å². The van der Waals surface area contributed by atoms with Gasteiger partial charge in [0.05, 0.1) is 17.1 Å². The van der Waals surface area contributed by atoms with Gasteiger partial charge in [-0.15, -0.1) is 0 Å². The maximum atomic E-state index is 12.0. The Morgan fingerprint density at radius 2 is 2.22 bits per heavy atom. The highest BCUT2D eigenvalue weighted by molar-refractivity contribution is 7.82. The van der Waals surface area contributed by atoms with Crippen molar-refractivity contribution < 1.29 is 14.1 Å². The number of aliphatic hydroxyl groups is 1. The van der Waals surface area contributed by atoms with Crippen LogP contribution in [0.5, 0.6) is 0 Å². The molecular formula is C12H24N2O3S. The van der Waals surface area contributed by atoms with E-state index in [-0.39, 0.29) is 17.4 Å². The summed E-state index contributed by atoms with van der Waals surface area (Å²) < 4.78 is 13.8. The second-order valence-electron chi connectivity index (χ2n) is 5.72. The standard InChI is InChI=1S/C12H24N2O3S/c1-12(2,5-6-13-18(3)17)8-11(16)14-7-4-10(15)9-14/h10,13,15H,4-9H2,1-3H3. The summed E-state index contributed by atoms with van der Waals surface area (Å²) in [7, 11) is -0.998. The van der Waals surface area contributed by atoms with Gasteiger partial charge in [-0.05, 0) is 18.3 Å². The Morgan fingerprint density at radius 3 is 2.72 bits per heavy atom. The largest absolute Gasteiger partial charge is 0.391 e. The highest BCUT2D eigenvalue weighted by atomic mass is 32.2. The fourth-order valence-electron chi connectivity index (χ4n) is 2.11. The fraction of sp³-hybridized carbons (Fsp3) is 0.917. The third-order valence-electron chi connectivity index (χ3n) is 3.25. The van der Waals surface area contributed by atoms with Crippen LogP contribution >= 0.6 is 0 Å². The minimum Gasteiger partial charge on any atom is -0.391 e. The third-order valence-corrected chi connectivity index (χ3v) is 3.86. The molecule has 0 spiro atoms.